The maximum absolute atomic E-state index is 11.0. The summed E-state index contributed by atoms with van der Waals surface area (Å²) in [6.07, 6.45) is 0. The first-order valence-electron chi connectivity index (χ1n) is 6.40. The summed E-state index contributed by atoms with van der Waals surface area (Å²) in [5, 5.41) is 9.07. The lowest BCUT2D eigenvalue weighted by Gasteiger charge is -2.15. The highest BCUT2D eigenvalue weighted by Crippen LogP contribution is 2.23. The quantitative estimate of drug-likeness (QED) is 0.902. The fourth-order valence-electron chi connectivity index (χ4n) is 2.39. The van der Waals surface area contributed by atoms with Crippen LogP contribution in [-0.2, 0) is 4.79 Å². The molecule has 1 aromatic carbocycles. The van der Waals surface area contributed by atoms with Crippen LogP contribution >= 0.6 is 15.9 Å². The average molecular weight is 328 g/mol. The number of halogens is 1. The van der Waals surface area contributed by atoms with E-state index < -0.39 is 5.97 Å². The third-order valence-electron chi connectivity index (χ3n) is 3.50. The minimum Gasteiger partial charge on any atom is -0.492 e. The van der Waals surface area contributed by atoms with Crippen LogP contribution in [0.1, 0.15) is 6.92 Å². The maximum Gasteiger partial charge on any atom is 0.308 e. The molecule has 0 amide bonds. The van der Waals surface area contributed by atoms with Gasteiger partial charge in [-0.05, 0) is 30.2 Å². The van der Waals surface area contributed by atoms with Crippen molar-refractivity contribution >= 4 is 21.9 Å². The molecule has 1 saturated heterocycles. The van der Waals surface area contributed by atoms with Crippen LogP contribution in [0.25, 0.3) is 0 Å². The number of rotatable bonds is 5. The summed E-state index contributed by atoms with van der Waals surface area (Å²) in [7, 11) is 0. The summed E-state index contributed by atoms with van der Waals surface area (Å²) in [5.41, 5.74) is 0. The average Bonchev–Trinajstić information content (AvgIpc) is 2.73. The number of hydrogen-bond acceptors (Lipinski definition) is 3. The van der Waals surface area contributed by atoms with E-state index in [1.807, 2.05) is 31.2 Å². The number of ether oxygens (including phenoxy) is 1. The van der Waals surface area contributed by atoms with E-state index >= 15 is 0 Å². The van der Waals surface area contributed by atoms with Gasteiger partial charge in [-0.1, -0.05) is 22.9 Å². The second kappa shape index (κ2) is 6.39. The van der Waals surface area contributed by atoms with Gasteiger partial charge in [0.2, 0.25) is 0 Å². The molecule has 1 aliphatic rings. The monoisotopic (exact) mass is 327 g/mol. The summed E-state index contributed by atoms with van der Waals surface area (Å²) in [5.74, 6) is 0.118. The molecule has 19 heavy (non-hydrogen) atoms. The molecule has 0 aliphatic carbocycles. The van der Waals surface area contributed by atoms with E-state index in [4.69, 9.17) is 9.84 Å². The van der Waals surface area contributed by atoms with Crippen molar-refractivity contribution in [3.8, 4) is 5.75 Å². The zero-order valence-electron chi connectivity index (χ0n) is 10.9. The molecule has 2 rings (SSSR count). The normalized spacial score (nSPS) is 23.5. The molecule has 1 aliphatic heterocycles. The van der Waals surface area contributed by atoms with Gasteiger partial charge < -0.3 is 9.84 Å². The summed E-state index contributed by atoms with van der Waals surface area (Å²) in [6, 6.07) is 7.70. The Hall–Kier alpha value is -1.07. The number of aliphatic carboxylic acids is 1. The van der Waals surface area contributed by atoms with Crippen molar-refractivity contribution in [1.82, 2.24) is 4.90 Å². The zero-order valence-corrected chi connectivity index (χ0v) is 12.5. The van der Waals surface area contributed by atoms with Gasteiger partial charge in [-0.2, -0.15) is 0 Å². The van der Waals surface area contributed by atoms with Crippen molar-refractivity contribution in [3.05, 3.63) is 28.7 Å². The minimum atomic E-state index is -0.691. The maximum atomic E-state index is 11.0. The van der Waals surface area contributed by atoms with E-state index in [0.29, 0.717) is 13.2 Å². The third kappa shape index (κ3) is 3.94. The standard InChI is InChI=1S/C14H18BrNO3/c1-10-8-16(9-13(10)14(17)18)6-7-19-12-4-2-11(15)3-5-12/h2-5,10,13H,6-9H2,1H3,(H,17,18)/t10-,13-/m1/s1. The molecule has 1 heterocycles. The molecule has 1 aromatic rings. The van der Waals surface area contributed by atoms with Gasteiger partial charge in [-0.15, -0.1) is 0 Å². The van der Waals surface area contributed by atoms with Crippen molar-refractivity contribution in [1.29, 1.82) is 0 Å². The Bertz CT molecular complexity index is 435. The summed E-state index contributed by atoms with van der Waals surface area (Å²) in [4.78, 5) is 13.2. The zero-order chi connectivity index (χ0) is 13.8. The van der Waals surface area contributed by atoms with Crippen LogP contribution in [0.4, 0.5) is 0 Å². The van der Waals surface area contributed by atoms with Crippen LogP contribution in [0.15, 0.2) is 28.7 Å². The lowest BCUT2D eigenvalue weighted by Crippen LogP contribution is -2.27. The van der Waals surface area contributed by atoms with Crippen molar-refractivity contribution in [2.24, 2.45) is 11.8 Å². The Labute approximate surface area is 121 Å². The van der Waals surface area contributed by atoms with Gasteiger partial charge in [0.05, 0.1) is 5.92 Å². The van der Waals surface area contributed by atoms with Crippen LogP contribution in [0.5, 0.6) is 5.75 Å². The third-order valence-corrected chi connectivity index (χ3v) is 4.02. The van der Waals surface area contributed by atoms with Gasteiger partial charge in [-0.3, -0.25) is 9.69 Å². The number of carboxylic acids is 1. The molecule has 0 unspecified atom stereocenters. The number of carboxylic acid groups (broad SMARTS) is 1. The van der Waals surface area contributed by atoms with Crippen molar-refractivity contribution in [3.63, 3.8) is 0 Å². The Morgan fingerprint density at radius 1 is 1.42 bits per heavy atom. The molecule has 4 nitrogen and oxygen atoms in total. The smallest absolute Gasteiger partial charge is 0.308 e. The largest absolute Gasteiger partial charge is 0.492 e. The second-order valence-corrected chi connectivity index (χ2v) is 5.90. The van der Waals surface area contributed by atoms with E-state index in [1.165, 1.54) is 0 Å². The van der Waals surface area contributed by atoms with E-state index in [2.05, 4.69) is 20.8 Å². The van der Waals surface area contributed by atoms with Gasteiger partial charge in [0.15, 0.2) is 0 Å². The molecule has 5 heteroatoms. The molecule has 104 valence electrons. The van der Waals surface area contributed by atoms with E-state index in [-0.39, 0.29) is 11.8 Å². The SMILES string of the molecule is C[C@@H]1CN(CCOc2ccc(Br)cc2)C[C@H]1C(=O)O. The number of carbonyl (C=O) groups is 1. The Morgan fingerprint density at radius 2 is 2.11 bits per heavy atom. The fraction of sp³-hybridized carbons (Fsp3) is 0.500. The Kier molecular flexibility index (Phi) is 4.82. The number of hydrogen-bond donors (Lipinski definition) is 1. The number of likely N-dealkylation sites (tertiary alicyclic amines) is 1. The minimum absolute atomic E-state index is 0.213. The predicted octanol–water partition coefficient (Wildman–Crippen LogP) is 2.48. The molecule has 0 bridgehead atoms. The molecule has 0 aromatic heterocycles. The van der Waals surface area contributed by atoms with Crippen LogP contribution in [-0.4, -0.2) is 42.2 Å². The lowest BCUT2D eigenvalue weighted by atomic mass is 9.99. The molecule has 0 saturated carbocycles. The van der Waals surface area contributed by atoms with E-state index in [9.17, 15) is 4.79 Å². The van der Waals surface area contributed by atoms with Crippen molar-refractivity contribution in [2.75, 3.05) is 26.2 Å². The summed E-state index contributed by atoms with van der Waals surface area (Å²) >= 11 is 3.37. The number of nitrogens with zero attached hydrogens (tertiary/aromatic N) is 1. The first-order chi connectivity index (χ1) is 9.06. The second-order valence-electron chi connectivity index (χ2n) is 4.98. The molecular weight excluding hydrogens is 310 g/mol. The topological polar surface area (TPSA) is 49.8 Å². The highest BCUT2D eigenvalue weighted by atomic mass is 79.9. The lowest BCUT2D eigenvalue weighted by molar-refractivity contribution is -0.142. The summed E-state index contributed by atoms with van der Waals surface area (Å²) < 4.78 is 6.67. The van der Waals surface area contributed by atoms with Crippen molar-refractivity contribution in [2.45, 2.75) is 6.92 Å². The van der Waals surface area contributed by atoms with Gasteiger partial charge >= 0.3 is 5.97 Å². The molecule has 0 radical (unpaired) electrons. The van der Waals surface area contributed by atoms with Crippen LogP contribution in [0, 0.1) is 11.8 Å². The Balaban J connectivity index is 1.75. The van der Waals surface area contributed by atoms with Gasteiger partial charge in [0.1, 0.15) is 12.4 Å². The highest BCUT2D eigenvalue weighted by molar-refractivity contribution is 9.10. The first kappa shape index (κ1) is 14.3. The molecule has 2 atom stereocenters. The van der Waals surface area contributed by atoms with Crippen LogP contribution in [0.2, 0.25) is 0 Å². The highest BCUT2D eigenvalue weighted by Gasteiger charge is 2.34. The fourth-order valence-corrected chi connectivity index (χ4v) is 2.66. The van der Waals surface area contributed by atoms with Crippen LogP contribution < -0.4 is 4.74 Å². The van der Waals surface area contributed by atoms with Gasteiger partial charge in [-0.25, -0.2) is 0 Å². The molecule has 1 fully saturated rings. The summed E-state index contributed by atoms with van der Waals surface area (Å²) in [6.45, 7) is 4.81. The van der Waals surface area contributed by atoms with Crippen molar-refractivity contribution < 1.29 is 14.6 Å². The molecule has 0 spiro atoms. The Morgan fingerprint density at radius 3 is 2.68 bits per heavy atom. The van der Waals surface area contributed by atoms with E-state index in [1.54, 1.807) is 0 Å². The van der Waals surface area contributed by atoms with E-state index in [0.717, 1.165) is 23.3 Å². The number of benzene rings is 1. The first-order valence-corrected chi connectivity index (χ1v) is 7.19. The molecule has 1 N–H and O–H groups in total. The molecular formula is C14H18BrNO3. The van der Waals surface area contributed by atoms with Gasteiger partial charge in [0, 0.05) is 24.1 Å². The van der Waals surface area contributed by atoms with Crippen LogP contribution in [0.3, 0.4) is 0 Å². The predicted molar refractivity (Wildman–Crippen MR) is 76.4 cm³/mol. The van der Waals surface area contributed by atoms with Gasteiger partial charge in [0.25, 0.3) is 0 Å².